The Kier molecular flexibility index (Phi) is 3.55. The summed E-state index contributed by atoms with van der Waals surface area (Å²) in [5, 5.41) is 0.470. The molecule has 0 bridgehead atoms. The fourth-order valence-corrected chi connectivity index (χ4v) is 2.11. The predicted octanol–water partition coefficient (Wildman–Crippen LogP) is 5.68. The van der Waals surface area contributed by atoms with Gasteiger partial charge < -0.3 is 0 Å². The minimum atomic E-state index is -4.40. The van der Waals surface area contributed by atoms with Crippen molar-refractivity contribution in [2.24, 2.45) is 0 Å². The van der Waals surface area contributed by atoms with E-state index in [1.165, 1.54) is 6.07 Å². The summed E-state index contributed by atoms with van der Waals surface area (Å²) in [6.45, 7) is 0. The Bertz CT molecular complexity index is 577. The molecule has 0 unspecified atom stereocenters. The van der Waals surface area contributed by atoms with E-state index in [4.69, 9.17) is 23.2 Å². The second kappa shape index (κ2) is 4.82. The van der Waals surface area contributed by atoms with Crippen molar-refractivity contribution in [3.8, 4) is 11.1 Å². The molecule has 0 atom stereocenters. The Labute approximate surface area is 112 Å². The number of rotatable bonds is 1. The molecule has 0 nitrogen and oxygen atoms in total. The third kappa shape index (κ3) is 2.62. The lowest BCUT2D eigenvalue weighted by Gasteiger charge is -2.11. The highest BCUT2D eigenvalue weighted by molar-refractivity contribution is 6.36. The van der Waals surface area contributed by atoms with Gasteiger partial charge >= 0.3 is 6.18 Å². The molecule has 0 aliphatic heterocycles. The van der Waals surface area contributed by atoms with E-state index in [1.807, 2.05) is 0 Å². The van der Waals surface area contributed by atoms with E-state index < -0.39 is 11.7 Å². The van der Waals surface area contributed by atoms with Crippen LogP contribution in [0.4, 0.5) is 13.2 Å². The number of halogens is 5. The summed E-state index contributed by atoms with van der Waals surface area (Å²) < 4.78 is 37.5. The van der Waals surface area contributed by atoms with Crippen LogP contribution in [0.5, 0.6) is 0 Å². The van der Waals surface area contributed by atoms with Gasteiger partial charge in [0.15, 0.2) is 0 Å². The largest absolute Gasteiger partial charge is 0.416 e. The summed E-state index contributed by atoms with van der Waals surface area (Å²) in [5.41, 5.74) is 0.316. The first kappa shape index (κ1) is 13.2. The molecule has 0 fully saturated rings. The summed E-state index contributed by atoms with van der Waals surface area (Å²) in [6, 6.07) is 10.1. The second-order valence-corrected chi connectivity index (χ2v) is 4.49. The minimum Gasteiger partial charge on any atom is -0.166 e. The van der Waals surface area contributed by atoms with Crippen molar-refractivity contribution in [2.45, 2.75) is 6.18 Å². The fourth-order valence-electron chi connectivity index (χ4n) is 1.59. The molecule has 0 N–H and O–H groups in total. The van der Waals surface area contributed by atoms with Crippen LogP contribution in [0.25, 0.3) is 11.1 Å². The predicted molar refractivity (Wildman–Crippen MR) is 66.9 cm³/mol. The van der Waals surface area contributed by atoms with Gasteiger partial charge in [-0.25, -0.2) is 0 Å². The molecule has 94 valence electrons. The Balaban J connectivity index is 2.52. The van der Waals surface area contributed by atoms with Crippen LogP contribution in [0.3, 0.4) is 0 Å². The molecule has 0 amide bonds. The summed E-state index contributed by atoms with van der Waals surface area (Å²) in [6.07, 6.45) is -4.40. The fraction of sp³-hybridized carbons (Fsp3) is 0.0769. The first-order valence-corrected chi connectivity index (χ1v) is 5.77. The van der Waals surface area contributed by atoms with Crippen LogP contribution in [0.2, 0.25) is 10.0 Å². The van der Waals surface area contributed by atoms with E-state index >= 15 is 0 Å². The molecule has 0 aliphatic carbocycles. The zero-order chi connectivity index (χ0) is 13.3. The lowest BCUT2D eigenvalue weighted by atomic mass is 10.0. The number of alkyl halides is 3. The van der Waals surface area contributed by atoms with Crippen LogP contribution in [0, 0.1) is 0 Å². The highest BCUT2D eigenvalue weighted by Gasteiger charge is 2.31. The molecule has 2 aromatic rings. The van der Waals surface area contributed by atoms with Gasteiger partial charge in [-0.15, -0.1) is 0 Å². The van der Waals surface area contributed by atoms with Crippen molar-refractivity contribution in [3.05, 3.63) is 58.1 Å². The first-order valence-electron chi connectivity index (χ1n) is 5.01. The highest BCUT2D eigenvalue weighted by atomic mass is 35.5. The van der Waals surface area contributed by atoms with Gasteiger partial charge in [-0.05, 0) is 18.2 Å². The van der Waals surface area contributed by atoms with Crippen LogP contribution in [0.1, 0.15) is 5.56 Å². The zero-order valence-corrected chi connectivity index (χ0v) is 10.4. The summed E-state index contributed by atoms with van der Waals surface area (Å²) >= 11 is 11.9. The Morgan fingerprint density at radius 2 is 1.39 bits per heavy atom. The normalized spacial score (nSPS) is 11.6. The van der Waals surface area contributed by atoms with Crippen molar-refractivity contribution in [1.29, 1.82) is 0 Å². The first-order chi connectivity index (χ1) is 8.39. The van der Waals surface area contributed by atoms with Crippen molar-refractivity contribution in [1.82, 2.24) is 0 Å². The maximum absolute atomic E-state index is 12.5. The number of benzene rings is 2. The Hall–Kier alpha value is -1.19. The summed E-state index contributed by atoms with van der Waals surface area (Å²) in [4.78, 5) is 0. The van der Waals surface area contributed by atoms with Gasteiger partial charge in [-0.1, -0.05) is 47.5 Å². The third-order valence-corrected chi connectivity index (χ3v) is 3.10. The maximum atomic E-state index is 12.5. The van der Waals surface area contributed by atoms with Crippen molar-refractivity contribution in [3.63, 3.8) is 0 Å². The summed E-state index contributed by atoms with van der Waals surface area (Å²) in [7, 11) is 0. The van der Waals surface area contributed by atoms with Crippen molar-refractivity contribution >= 4 is 23.2 Å². The Morgan fingerprint density at radius 1 is 0.778 bits per heavy atom. The lowest BCUT2D eigenvalue weighted by molar-refractivity contribution is -0.137. The maximum Gasteiger partial charge on any atom is 0.416 e. The molecule has 5 heteroatoms. The molecule has 2 rings (SSSR count). The van der Waals surface area contributed by atoms with E-state index in [0.717, 1.165) is 12.1 Å². The SMILES string of the molecule is FC(F)(F)c1ccc(-c2ccccc2Cl)c(Cl)c1. The molecule has 0 radical (unpaired) electrons. The van der Waals surface area contributed by atoms with E-state index in [-0.39, 0.29) is 5.02 Å². The highest BCUT2D eigenvalue weighted by Crippen LogP contribution is 2.37. The van der Waals surface area contributed by atoms with E-state index in [9.17, 15) is 13.2 Å². The van der Waals surface area contributed by atoms with Gasteiger partial charge in [0, 0.05) is 21.2 Å². The molecule has 0 heterocycles. The standard InChI is InChI=1S/C13H7Cl2F3/c14-11-4-2-1-3-9(11)10-6-5-8(7-12(10)15)13(16,17)18/h1-7H. The number of hydrogen-bond donors (Lipinski definition) is 0. The van der Waals surface area contributed by atoms with Gasteiger partial charge in [-0.3, -0.25) is 0 Å². The smallest absolute Gasteiger partial charge is 0.166 e. The quantitative estimate of drug-likeness (QED) is 0.634. The van der Waals surface area contributed by atoms with E-state index in [1.54, 1.807) is 24.3 Å². The van der Waals surface area contributed by atoms with Crippen LogP contribution in [-0.4, -0.2) is 0 Å². The number of hydrogen-bond acceptors (Lipinski definition) is 0. The third-order valence-electron chi connectivity index (χ3n) is 2.46. The van der Waals surface area contributed by atoms with Gasteiger partial charge in [-0.2, -0.15) is 13.2 Å². The molecule has 0 aromatic heterocycles. The van der Waals surface area contributed by atoms with Gasteiger partial charge in [0.25, 0.3) is 0 Å². The lowest BCUT2D eigenvalue weighted by Crippen LogP contribution is -2.04. The molecule has 0 saturated heterocycles. The molecular weight excluding hydrogens is 284 g/mol. The summed E-state index contributed by atoms with van der Waals surface area (Å²) in [5.74, 6) is 0. The molecule has 18 heavy (non-hydrogen) atoms. The van der Waals surface area contributed by atoms with Gasteiger partial charge in [0.1, 0.15) is 0 Å². The van der Waals surface area contributed by atoms with Crippen molar-refractivity contribution < 1.29 is 13.2 Å². The molecular formula is C13H7Cl2F3. The van der Waals surface area contributed by atoms with Crippen LogP contribution >= 0.6 is 23.2 Å². The minimum absolute atomic E-state index is 0.0259. The van der Waals surface area contributed by atoms with Gasteiger partial charge in [0.2, 0.25) is 0 Å². The van der Waals surface area contributed by atoms with Crippen molar-refractivity contribution in [2.75, 3.05) is 0 Å². The average Bonchev–Trinajstić information content (AvgIpc) is 2.29. The molecule has 0 spiro atoms. The molecule has 0 aliphatic rings. The topological polar surface area (TPSA) is 0 Å². The monoisotopic (exact) mass is 290 g/mol. The van der Waals surface area contributed by atoms with Crippen LogP contribution in [0.15, 0.2) is 42.5 Å². The van der Waals surface area contributed by atoms with Gasteiger partial charge in [0.05, 0.1) is 5.56 Å². The van der Waals surface area contributed by atoms with E-state index in [2.05, 4.69) is 0 Å². The van der Waals surface area contributed by atoms with E-state index in [0.29, 0.717) is 16.1 Å². The average molecular weight is 291 g/mol. The molecule has 2 aromatic carbocycles. The Morgan fingerprint density at radius 3 is 1.94 bits per heavy atom. The second-order valence-electron chi connectivity index (χ2n) is 3.67. The van der Waals surface area contributed by atoms with Crippen LogP contribution in [-0.2, 0) is 6.18 Å². The zero-order valence-electron chi connectivity index (χ0n) is 8.93. The van der Waals surface area contributed by atoms with Crippen LogP contribution < -0.4 is 0 Å². The molecule has 0 saturated carbocycles.